The summed E-state index contributed by atoms with van der Waals surface area (Å²) in [5.74, 6) is 0. The van der Waals surface area contributed by atoms with Gasteiger partial charge in [0.25, 0.3) is 11.9 Å². The van der Waals surface area contributed by atoms with Crippen LogP contribution in [0.1, 0.15) is 0 Å². The number of nitrogens with one attached hydrogen (secondary N) is 1. The standard InChI is InChI=1S/C4H4N2O2S/c7-6(8)9-4-2-1-3-5-4/h1-3,5H. The topological polar surface area (TPSA) is 58.9 Å². The summed E-state index contributed by atoms with van der Waals surface area (Å²) in [5, 5.41) is 10.4. The minimum atomic E-state index is -0.453. The number of aromatic nitrogens is 1. The Hall–Kier alpha value is -0.970. The van der Waals surface area contributed by atoms with E-state index in [0.29, 0.717) is 17.0 Å². The lowest BCUT2D eigenvalue weighted by molar-refractivity contribution is -0.284. The van der Waals surface area contributed by atoms with Crippen LogP contribution in [0.2, 0.25) is 0 Å². The van der Waals surface area contributed by atoms with Crippen molar-refractivity contribution in [2.45, 2.75) is 5.03 Å². The molecule has 0 aromatic carbocycles. The summed E-state index contributed by atoms with van der Waals surface area (Å²) in [6.45, 7) is 0. The maximum absolute atomic E-state index is 9.82. The molecule has 48 valence electrons. The first kappa shape index (κ1) is 6.15. The molecule has 1 aromatic rings. The quantitative estimate of drug-likeness (QED) is 0.386. The minimum absolute atomic E-state index is 0.453. The first-order valence-electron chi connectivity index (χ1n) is 2.25. The number of aromatic amines is 1. The second-order valence-corrected chi connectivity index (χ2v) is 2.27. The highest BCUT2D eigenvalue weighted by Gasteiger charge is 2.02. The van der Waals surface area contributed by atoms with E-state index in [0.717, 1.165) is 0 Å². The Morgan fingerprint density at radius 2 is 2.56 bits per heavy atom. The molecule has 0 aliphatic heterocycles. The second kappa shape index (κ2) is 2.54. The van der Waals surface area contributed by atoms with E-state index < -0.39 is 4.33 Å². The maximum atomic E-state index is 9.82. The molecule has 0 aliphatic rings. The van der Waals surface area contributed by atoms with Crippen molar-refractivity contribution in [2.24, 2.45) is 0 Å². The molecule has 1 heterocycles. The maximum Gasteiger partial charge on any atom is 0.283 e. The molecule has 0 spiro atoms. The van der Waals surface area contributed by atoms with Gasteiger partial charge in [-0.3, -0.25) is 10.1 Å². The fourth-order valence-corrected chi connectivity index (χ4v) is 0.872. The lowest BCUT2D eigenvalue weighted by Gasteiger charge is -1.81. The van der Waals surface area contributed by atoms with Gasteiger partial charge >= 0.3 is 0 Å². The van der Waals surface area contributed by atoms with E-state index in [9.17, 15) is 10.1 Å². The third-order valence-electron chi connectivity index (χ3n) is 0.742. The Kier molecular flexibility index (Phi) is 1.74. The first-order chi connectivity index (χ1) is 4.29. The van der Waals surface area contributed by atoms with Crippen LogP contribution in [0.3, 0.4) is 0 Å². The highest BCUT2D eigenvalue weighted by molar-refractivity contribution is 7.93. The molecule has 0 saturated heterocycles. The number of rotatable bonds is 2. The Morgan fingerprint density at radius 1 is 1.78 bits per heavy atom. The van der Waals surface area contributed by atoms with Gasteiger partial charge in [0.05, 0.1) is 0 Å². The molecule has 0 radical (unpaired) electrons. The van der Waals surface area contributed by atoms with Gasteiger partial charge in [-0.25, -0.2) is 0 Å². The summed E-state index contributed by atoms with van der Waals surface area (Å²) < 4.78 is -0.453. The Balaban J connectivity index is 2.58. The molecular weight excluding hydrogens is 140 g/mol. The summed E-state index contributed by atoms with van der Waals surface area (Å²) >= 11 is 0.572. The highest BCUT2D eigenvalue weighted by Crippen LogP contribution is 2.13. The molecule has 0 amide bonds. The van der Waals surface area contributed by atoms with Gasteiger partial charge in [0.2, 0.25) is 0 Å². The van der Waals surface area contributed by atoms with Gasteiger partial charge in [-0.15, -0.1) is 0 Å². The smallest absolute Gasteiger partial charge is 0.283 e. The normalized spacial score (nSPS) is 9.33. The molecule has 0 unspecified atom stereocenters. The Labute approximate surface area is 55.6 Å². The van der Waals surface area contributed by atoms with Gasteiger partial charge in [-0.05, 0) is 12.1 Å². The predicted molar refractivity (Wildman–Crippen MR) is 33.6 cm³/mol. The van der Waals surface area contributed by atoms with Crippen molar-refractivity contribution >= 4 is 11.9 Å². The molecule has 0 saturated carbocycles. The molecule has 1 rings (SSSR count). The van der Waals surface area contributed by atoms with Crippen molar-refractivity contribution < 1.29 is 4.33 Å². The number of H-pyrrole nitrogens is 1. The van der Waals surface area contributed by atoms with E-state index in [1.54, 1.807) is 18.3 Å². The fraction of sp³-hybridized carbons (Fsp3) is 0. The Morgan fingerprint density at radius 3 is 3.00 bits per heavy atom. The van der Waals surface area contributed by atoms with E-state index in [-0.39, 0.29) is 0 Å². The lowest BCUT2D eigenvalue weighted by atomic mass is 10.7. The van der Waals surface area contributed by atoms with E-state index in [1.807, 2.05) is 0 Å². The van der Waals surface area contributed by atoms with Crippen molar-refractivity contribution in [2.75, 3.05) is 0 Å². The zero-order valence-corrected chi connectivity index (χ0v) is 5.22. The van der Waals surface area contributed by atoms with Crippen molar-refractivity contribution in [1.29, 1.82) is 0 Å². The van der Waals surface area contributed by atoms with Crippen LogP contribution < -0.4 is 0 Å². The Bertz CT molecular complexity index is 196. The monoisotopic (exact) mass is 144 g/mol. The van der Waals surface area contributed by atoms with E-state index in [2.05, 4.69) is 4.98 Å². The molecule has 4 nitrogen and oxygen atoms in total. The number of hydrogen-bond donors (Lipinski definition) is 1. The van der Waals surface area contributed by atoms with E-state index >= 15 is 0 Å². The zero-order chi connectivity index (χ0) is 6.69. The van der Waals surface area contributed by atoms with Gasteiger partial charge in [0, 0.05) is 6.20 Å². The molecule has 5 heteroatoms. The summed E-state index contributed by atoms with van der Waals surface area (Å²) in [7, 11) is 0. The number of nitro groups is 1. The zero-order valence-electron chi connectivity index (χ0n) is 4.40. The van der Waals surface area contributed by atoms with E-state index in [1.165, 1.54) is 0 Å². The summed E-state index contributed by atoms with van der Waals surface area (Å²) in [4.78, 5) is 12.5. The average Bonchev–Trinajstić information content (AvgIpc) is 2.15. The van der Waals surface area contributed by atoms with Crippen LogP contribution in [0.15, 0.2) is 23.4 Å². The fourth-order valence-electron chi connectivity index (χ4n) is 0.451. The van der Waals surface area contributed by atoms with Gasteiger partial charge in [-0.1, -0.05) is 0 Å². The van der Waals surface area contributed by atoms with Crippen LogP contribution in [0, 0.1) is 10.1 Å². The van der Waals surface area contributed by atoms with E-state index in [4.69, 9.17) is 0 Å². The number of nitrogens with zero attached hydrogens (tertiary/aromatic N) is 1. The molecule has 1 aromatic heterocycles. The van der Waals surface area contributed by atoms with Gasteiger partial charge in [0.1, 0.15) is 9.35 Å². The van der Waals surface area contributed by atoms with Crippen molar-refractivity contribution in [3.05, 3.63) is 28.4 Å². The SMILES string of the molecule is O=[N+]([O-])Sc1ccc[nH]1. The third kappa shape index (κ3) is 1.77. The molecule has 0 fully saturated rings. The first-order valence-corrected chi connectivity index (χ1v) is 3.02. The molecule has 0 aliphatic carbocycles. The third-order valence-corrected chi connectivity index (χ3v) is 1.34. The molecule has 0 atom stereocenters. The molecule has 0 bridgehead atoms. The average molecular weight is 144 g/mol. The molecule has 1 N–H and O–H groups in total. The van der Waals surface area contributed by atoms with Crippen LogP contribution in [0.25, 0.3) is 0 Å². The highest BCUT2D eigenvalue weighted by atomic mass is 32.2. The summed E-state index contributed by atoms with van der Waals surface area (Å²) in [6.07, 6.45) is 1.64. The minimum Gasteiger partial charge on any atom is -0.351 e. The van der Waals surface area contributed by atoms with Crippen LogP contribution >= 0.6 is 11.9 Å². The summed E-state index contributed by atoms with van der Waals surface area (Å²) in [5.41, 5.74) is 0. The van der Waals surface area contributed by atoms with Crippen LogP contribution in [0.4, 0.5) is 0 Å². The second-order valence-electron chi connectivity index (χ2n) is 1.35. The lowest BCUT2D eigenvalue weighted by Crippen LogP contribution is -1.81. The molecular formula is C4H4N2O2S. The molecule has 9 heavy (non-hydrogen) atoms. The number of hydrogen-bond acceptors (Lipinski definition) is 3. The van der Waals surface area contributed by atoms with Crippen molar-refractivity contribution in [3.63, 3.8) is 0 Å². The predicted octanol–water partition coefficient (Wildman–Crippen LogP) is 1.30. The van der Waals surface area contributed by atoms with Gasteiger partial charge in [0.15, 0.2) is 0 Å². The van der Waals surface area contributed by atoms with Gasteiger partial charge < -0.3 is 4.98 Å². The van der Waals surface area contributed by atoms with Gasteiger partial charge in [-0.2, -0.15) is 0 Å². The summed E-state index contributed by atoms with van der Waals surface area (Å²) in [6, 6.07) is 3.36. The van der Waals surface area contributed by atoms with Crippen molar-refractivity contribution in [1.82, 2.24) is 4.98 Å². The van der Waals surface area contributed by atoms with Crippen LogP contribution in [0.5, 0.6) is 0 Å². The van der Waals surface area contributed by atoms with Crippen LogP contribution in [-0.2, 0) is 0 Å². The largest absolute Gasteiger partial charge is 0.351 e. The van der Waals surface area contributed by atoms with Crippen molar-refractivity contribution in [3.8, 4) is 0 Å². The van der Waals surface area contributed by atoms with Crippen LogP contribution in [-0.4, -0.2) is 9.31 Å².